The minimum absolute atomic E-state index is 0.0655. The molecule has 4 heterocycles. The van der Waals surface area contributed by atoms with Gasteiger partial charge in [0.15, 0.2) is 0 Å². The van der Waals surface area contributed by atoms with Crippen LogP contribution in [0.3, 0.4) is 0 Å². The number of imidazole rings is 1. The number of fused-ring (bicyclic) bond motifs is 1. The first kappa shape index (κ1) is 22.9. The van der Waals surface area contributed by atoms with E-state index in [2.05, 4.69) is 25.9 Å². The smallest absolute Gasteiger partial charge is 0.258 e. The van der Waals surface area contributed by atoms with Crippen molar-refractivity contribution in [2.75, 3.05) is 6.54 Å². The van der Waals surface area contributed by atoms with E-state index in [0.29, 0.717) is 22.8 Å². The number of rotatable bonds is 4. The van der Waals surface area contributed by atoms with Crippen molar-refractivity contribution in [3.05, 3.63) is 94.1 Å². The van der Waals surface area contributed by atoms with Crippen molar-refractivity contribution < 1.29 is 4.79 Å². The molecule has 1 aliphatic heterocycles. The maximum Gasteiger partial charge on any atom is 0.258 e. The third-order valence-corrected chi connectivity index (χ3v) is 7.47. The zero-order valence-electron chi connectivity index (χ0n) is 19.2. The second kappa shape index (κ2) is 9.52. The highest BCUT2D eigenvalue weighted by molar-refractivity contribution is 9.10. The van der Waals surface area contributed by atoms with Gasteiger partial charge >= 0.3 is 0 Å². The molecule has 1 N–H and O–H groups in total. The lowest BCUT2D eigenvalue weighted by atomic mass is 9.99. The average Bonchev–Trinajstić information content (AvgIpc) is 3.54. The molecule has 5 aromatic rings. The van der Waals surface area contributed by atoms with Gasteiger partial charge in [-0.15, -0.1) is 0 Å². The van der Waals surface area contributed by atoms with Gasteiger partial charge in [-0.1, -0.05) is 45.7 Å². The molecule has 1 fully saturated rings. The van der Waals surface area contributed by atoms with E-state index in [4.69, 9.17) is 21.7 Å². The molecule has 0 radical (unpaired) electrons. The number of aromatic amines is 1. The summed E-state index contributed by atoms with van der Waals surface area (Å²) in [5, 5.41) is 5.49. The van der Waals surface area contributed by atoms with Crippen molar-refractivity contribution in [2.24, 2.45) is 0 Å². The topological polar surface area (TPSA) is 79.7 Å². The molecule has 1 unspecified atom stereocenters. The molecule has 0 aliphatic carbocycles. The van der Waals surface area contributed by atoms with E-state index in [-0.39, 0.29) is 11.9 Å². The lowest BCUT2D eigenvalue weighted by Gasteiger charge is -2.34. The Morgan fingerprint density at radius 2 is 1.92 bits per heavy atom. The van der Waals surface area contributed by atoms with Crippen molar-refractivity contribution in [1.29, 1.82) is 0 Å². The van der Waals surface area contributed by atoms with E-state index >= 15 is 0 Å². The Balaban J connectivity index is 1.44. The summed E-state index contributed by atoms with van der Waals surface area (Å²) in [4.78, 5) is 28.4. The number of hydrogen-bond donors (Lipinski definition) is 1. The average molecular weight is 562 g/mol. The SMILES string of the molecule is O=C(c1cn(-c2ccncc2)nc1-c1ccccc1Br)N1CCCCC1c1nc2ccc(Cl)cc2[nH]1. The van der Waals surface area contributed by atoms with Crippen LogP contribution in [0.1, 0.15) is 41.5 Å². The van der Waals surface area contributed by atoms with Crippen LogP contribution in [-0.4, -0.2) is 42.1 Å². The second-order valence-corrected chi connectivity index (χ2v) is 10.1. The first-order chi connectivity index (χ1) is 17.6. The van der Waals surface area contributed by atoms with E-state index in [0.717, 1.165) is 51.8 Å². The fraction of sp³-hybridized carbons (Fsp3) is 0.185. The Kier molecular flexibility index (Phi) is 6.07. The highest BCUT2D eigenvalue weighted by atomic mass is 79.9. The summed E-state index contributed by atoms with van der Waals surface area (Å²) in [6.45, 7) is 0.650. The number of nitrogens with zero attached hydrogens (tertiary/aromatic N) is 5. The molecule has 1 atom stereocenters. The number of piperidine rings is 1. The molecule has 0 bridgehead atoms. The van der Waals surface area contributed by atoms with Crippen molar-refractivity contribution in [3.63, 3.8) is 0 Å². The number of H-pyrrole nitrogens is 1. The van der Waals surface area contributed by atoms with Crippen molar-refractivity contribution >= 4 is 44.5 Å². The van der Waals surface area contributed by atoms with Crippen LogP contribution in [0.5, 0.6) is 0 Å². The van der Waals surface area contributed by atoms with Gasteiger partial charge in [0.05, 0.1) is 28.3 Å². The summed E-state index contributed by atoms with van der Waals surface area (Å²) in [6, 6.07) is 17.0. The molecule has 1 amide bonds. The minimum Gasteiger partial charge on any atom is -0.340 e. The van der Waals surface area contributed by atoms with Crippen LogP contribution in [0.2, 0.25) is 5.02 Å². The number of carbonyl (C=O) groups is 1. The Labute approximate surface area is 221 Å². The summed E-state index contributed by atoms with van der Waals surface area (Å²) in [7, 11) is 0. The Bertz CT molecular complexity index is 1560. The summed E-state index contributed by atoms with van der Waals surface area (Å²) < 4.78 is 2.62. The number of amides is 1. The van der Waals surface area contributed by atoms with Crippen LogP contribution in [-0.2, 0) is 0 Å². The van der Waals surface area contributed by atoms with E-state index in [1.54, 1.807) is 17.1 Å². The standard InChI is InChI=1S/C27H22BrClN6O/c28-21-6-2-1-5-19(21)25-20(16-35(33-25)18-10-12-30-13-11-18)27(36)34-14-4-3-7-24(34)26-31-22-9-8-17(29)15-23(22)32-26/h1-2,5-6,8-13,15-16,24H,3-4,7,14H2,(H,31,32). The fourth-order valence-electron chi connectivity index (χ4n) is 4.78. The molecule has 0 spiro atoms. The molecule has 3 aromatic heterocycles. The van der Waals surface area contributed by atoms with Gasteiger partial charge in [-0.05, 0) is 55.7 Å². The van der Waals surface area contributed by atoms with Crippen molar-refractivity contribution in [3.8, 4) is 16.9 Å². The normalized spacial score (nSPS) is 15.9. The van der Waals surface area contributed by atoms with Crippen molar-refractivity contribution in [2.45, 2.75) is 25.3 Å². The van der Waals surface area contributed by atoms with Crippen LogP contribution in [0.4, 0.5) is 0 Å². The third kappa shape index (κ3) is 4.20. The van der Waals surface area contributed by atoms with Crippen LogP contribution in [0.15, 0.2) is 77.7 Å². The maximum atomic E-state index is 14.2. The third-order valence-electron chi connectivity index (χ3n) is 6.54. The van der Waals surface area contributed by atoms with Gasteiger partial charge in [0.25, 0.3) is 5.91 Å². The molecule has 36 heavy (non-hydrogen) atoms. The zero-order valence-corrected chi connectivity index (χ0v) is 21.6. The van der Waals surface area contributed by atoms with Gasteiger partial charge < -0.3 is 9.88 Å². The van der Waals surface area contributed by atoms with Crippen LogP contribution < -0.4 is 0 Å². The molecular weight excluding hydrogens is 540 g/mol. The maximum absolute atomic E-state index is 14.2. The minimum atomic E-state index is -0.159. The number of halogens is 2. The number of benzene rings is 2. The van der Waals surface area contributed by atoms with E-state index < -0.39 is 0 Å². The molecule has 1 saturated heterocycles. The summed E-state index contributed by atoms with van der Waals surface area (Å²) in [6.07, 6.45) is 8.05. The predicted octanol–water partition coefficient (Wildman–Crippen LogP) is 6.59. The number of hydrogen-bond acceptors (Lipinski definition) is 4. The summed E-state index contributed by atoms with van der Waals surface area (Å²) in [5.41, 5.74) is 4.58. The molecule has 7 nitrogen and oxygen atoms in total. The monoisotopic (exact) mass is 560 g/mol. The molecule has 1 aliphatic rings. The molecule has 0 saturated carbocycles. The van der Waals surface area contributed by atoms with Gasteiger partial charge in [-0.2, -0.15) is 5.10 Å². The zero-order chi connectivity index (χ0) is 24.6. The Morgan fingerprint density at radius 1 is 1.08 bits per heavy atom. The molecule has 6 rings (SSSR count). The summed E-state index contributed by atoms with van der Waals surface area (Å²) >= 11 is 9.83. The van der Waals surface area contributed by atoms with Gasteiger partial charge in [0.1, 0.15) is 11.5 Å². The Morgan fingerprint density at radius 3 is 2.75 bits per heavy atom. The lowest BCUT2D eigenvalue weighted by molar-refractivity contribution is 0.0602. The second-order valence-electron chi connectivity index (χ2n) is 8.81. The lowest BCUT2D eigenvalue weighted by Crippen LogP contribution is -2.39. The van der Waals surface area contributed by atoms with E-state index in [9.17, 15) is 4.79 Å². The van der Waals surface area contributed by atoms with E-state index in [1.165, 1.54) is 0 Å². The molecule has 9 heteroatoms. The van der Waals surface area contributed by atoms with Crippen LogP contribution in [0, 0.1) is 0 Å². The molecular formula is C27H22BrClN6O. The number of aromatic nitrogens is 5. The summed E-state index contributed by atoms with van der Waals surface area (Å²) in [5.74, 6) is 0.716. The predicted molar refractivity (Wildman–Crippen MR) is 143 cm³/mol. The Hall–Kier alpha value is -3.49. The molecule has 2 aromatic carbocycles. The number of pyridine rings is 1. The van der Waals surface area contributed by atoms with Gasteiger partial charge in [0, 0.05) is 40.2 Å². The largest absolute Gasteiger partial charge is 0.340 e. The first-order valence-electron chi connectivity index (χ1n) is 11.8. The van der Waals surface area contributed by atoms with Gasteiger partial charge in [-0.3, -0.25) is 9.78 Å². The fourth-order valence-corrected chi connectivity index (χ4v) is 5.43. The van der Waals surface area contributed by atoms with Crippen LogP contribution >= 0.6 is 27.5 Å². The molecule has 180 valence electrons. The highest BCUT2D eigenvalue weighted by Gasteiger charge is 2.33. The first-order valence-corrected chi connectivity index (χ1v) is 13.0. The number of carbonyl (C=O) groups excluding carboxylic acids is 1. The number of likely N-dealkylation sites (tertiary alicyclic amines) is 1. The van der Waals surface area contributed by atoms with Crippen LogP contribution in [0.25, 0.3) is 28.0 Å². The van der Waals surface area contributed by atoms with E-state index in [1.807, 2.05) is 65.7 Å². The number of nitrogens with one attached hydrogen (secondary N) is 1. The highest BCUT2D eigenvalue weighted by Crippen LogP contribution is 2.36. The quantitative estimate of drug-likeness (QED) is 0.268. The van der Waals surface area contributed by atoms with Gasteiger partial charge in [0.2, 0.25) is 0 Å². The van der Waals surface area contributed by atoms with Gasteiger partial charge in [-0.25, -0.2) is 9.67 Å². The van der Waals surface area contributed by atoms with Crippen molar-refractivity contribution in [1.82, 2.24) is 29.6 Å².